The number of rotatable bonds is 10. The highest BCUT2D eigenvalue weighted by atomic mass is 16.6. The van der Waals surface area contributed by atoms with Gasteiger partial charge in [0.25, 0.3) is 5.91 Å². The smallest absolute Gasteiger partial charge is 0.408 e. The van der Waals surface area contributed by atoms with Crippen LogP contribution in [-0.4, -0.2) is 40.0 Å². The highest BCUT2D eigenvalue weighted by Gasteiger charge is 2.44. The van der Waals surface area contributed by atoms with Gasteiger partial charge in [0.15, 0.2) is 0 Å². The number of nitrogens with one attached hydrogen (secondary N) is 2. The van der Waals surface area contributed by atoms with Crippen molar-refractivity contribution in [1.82, 2.24) is 10.2 Å². The topological polar surface area (TPSA) is 87.7 Å². The molecule has 7 nitrogen and oxygen atoms in total. The average molecular weight is 574 g/mol. The van der Waals surface area contributed by atoms with Crippen LogP contribution < -0.4 is 10.6 Å². The van der Waals surface area contributed by atoms with E-state index in [4.69, 9.17) is 4.74 Å². The van der Waals surface area contributed by atoms with Gasteiger partial charge in [0.1, 0.15) is 17.7 Å². The van der Waals surface area contributed by atoms with Gasteiger partial charge < -0.3 is 20.3 Å². The molecule has 3 aromatic carbocycles. The molecular weight excluding hydrogens is 526 g/mol. The molecule has 0 radical (unpaired) electrons. The fourth-order valence-corrected chi connectivity index (χ4v) is 4.98. The van der Waals surface area contributed by atoms with Crippen LogP contribution in [0.4, 0.5) is 10.5 Å². The number of anilines is 1. The summed E-state index contributed by atoms with van der Waals surface area (Å²) >= 11 is 0. The minimum atomic E-state index is -0.952. The molecule has 0 aliphatic rings. The quantitative estimate of drug-likeness (QED) is 0.259. The average Bonchev–Trinajstić information content (AvgIpc) is 2.93. The number of hydrogen-bond acceptors (Lipinski definition) is 4. The summed E-state index contributed by atoms with van der Waals surface area (Å²) in [7, 11) is 0. The molecule has 3 amide bonds. The highest BCUT2D eigenvalue weighted by molar-refractivity contribution is 6.01. The number of carbonyl (C=O) groups is 3. The monoisotopic (exact) mass is 573 g/mol. The molecule has 0 saturated carbocycles. The lowest BCUT2D eigenvalue weighted by Crippen LogP contribution is -2.60. The van der Waals surface area contributed by atoms with Crippen LogP contribution in [-0.2, 0) is 14.3 Å². The molecule has 0 heterocycles. The Morgan fingerprint density at radius 2 is 1.50 bits per heavy atom. The van der Waals surface area contributed by atoms with Crippen LogP contribution in [0.15, 0.2) is 66.7 Å². The first-order chi connectivity index (χ1) is 19.7. The van der Waals surface area contributed by atoms with Crippen LogP contribution in [0.1, 0.15) is 85.4 Å². The molecule has 7 heteroatoms. The standard InChI is InChI=1S/C35H47N3O4/c1-10-23(3)29(37-33(41)42-34(5,6)7)32(40)38(35(8,9)11-2)30(28-19-15-12-16-24(28)4)31(39)36-27-21-20-25-17-13-14-18-26(25)22-27/h12-23,29-30H,10-11H2,1-9H3,(H,36,39)(H,37,41). The normalized spacial score (nSPS) is 14.0. The summed E-state index contributed by atoms with van der Waals surface area (Å²) in [4.78, 5) is 43.6. The molecule has 0 aliphatic carbocycles. The zero-order chi connectivity index (χ0) is 31.2. The number of fused-ring (bicyclic) bond motifs is 1. The predicted octanol–water partition coefficient (Wildman–Crippen LogP) is 7.78. The zero-order valence-corrected chi connectivity index (χ0v) is 26.6. The summed E-state index contributed by atoms with van der Waals surface area (Å²) in [6, 6.07) is 19.5. The Hall–Kier alpha value is -3.87. The second-order valence-corrected chi connectivity index (χ2v) is 12.7. The third-order valence-corrected chi connectivity index (χ3v) is 7.91. The molecule has 3 atom stereocenters. The van der Waals surface area contributed by atoms with E-state index < -0.39 is 29.3 Å². The summed E-state index contributed by atoms with van der Waals surface area (Å²) in [5.74, 6) is -0.861. The highest BCUT2D eigenvalue weighted by Crippen LogP contribution is 2.35. The molecule has 42 heavy (non-hydrogen) atoms. The summed E-state index contributed by atoms with van der Waals surface area (Å²) in [6.07, 6.45) is 0.568. The number of ether oxygens (including phenoxy) is 1. The van der Waals surface area contributed by atoms with E-state index in [1.807, 2.05) is 108 Å². The van der Waals surface area contributed by atoms with E-state index in [1.54, 1.807) is 25.7 Å². The van der Waals surface area contributed by atoms with E-state index in [9.17, 15) is 14.4 Å². The van der Waals surface area contributed by atoms with Gasteiger partial charge >= 0.3 is 6.09 Å². The van der Waals surface area contributed by atoms with Crippen LogP contribution >= 0.6 is 0 Å². The zero-order valence-electron chi connectivity index (χ0n) is 26.6. The van der Waals surface area contributed by atoms with Gasteiger partial charge in [0.05, 0.1) is 0 Å². The summed E-state index contributed by atoms with van der Waals surface area (Å²) in [6.45, 7) is 17.1. The Balaban J connectivity index is 2.13. The Morgan fingerprint density at radius 3 is 2.10 bits per heavy atom. The molecule has 0 bridgehead atoms. The molecule has 3 unspecified atom stereocenters. The fraction of sp³-hybridized carbons (Fsp3) is 0.457. The van der Waals surface area contributed by atoms with Gasteiger partial charge in [-0.1, -0.05) is 81.8 Å². The summed E-state index contributed by atoms with van der Waals surface area (Å²) in [5.41, 5.74) is 0.807. The van der Waals surface area contributed by atoms with Crippen molar-refractivity contribution in [3.8, 4) is 0 Å². The minimum Gasteiger partial charge on any atom is -0.444 e. The van der Waals surface area contributed by atoms with Crippen molar-refractivity contribution in [2.45, 2.75) is 98.4 Å². The predicted molar refractivity (Wildman–Crippen MR) is 170 cm³/mol. The van der Waals surface area contributed by atoms with Crippen molar-refractivity contribution in [2.75, 3.05) is 5.32 Å². The van der Waals surface area contributed by atoms with Crippen LogP contribution in [0.25, 0.3) is 10.8 Å². The minimum absolute atomic E-state index is 0.207. The first-order valence-corrected chi connectivity index (χ1v) is 14.9. The maximum atomic E-state index is 14.7. The van der Waals surface area contributed by atoms with Gasteiger partial charge in [-0.05, 0) is 87.9 Å². The van der Waals surface area contributed by atoms with Gasteiger partial charge in [-0.25, -0.2) is 4.79 Å². The Morgan fingerprint density at radius 1 is 0.881 bits per heavy atom. The molecule has 0 fully saturated rings. The van der Waals surface area contributed by atoms with Gasteiger partial charge in [-0.3, -0.25) is 9.59 Å². The number of hydrogen-bond donors (Lipinski definition) is 2. The molecule has 226 valence electrons. The molecule has 0 aliphatic heterocycles. The van der Waals surface area contributed by atoms with Crippen LogP contribution in [0.5, 0.6) is 0 Å². The van der Waals surface area contributed by atoms with E-state index in [-0.39, 0.29) is 17.7 Å². The van der Waals surface area contributed by atoms with Crippen LogP contribution in [0, 0.1) is 12.8 Å². The lowest BCUT2D eigenvalue weighted by molar-refractivity contribution is -0.148. The van der Waals surface area contributed by atoms with E-state index in [2.05, 4.69) is 10.6 Å². The Kier molecular flexibility index (Phi) is 10.4. The second-order valence-electron chi connectivity index (χ2n) is 12.7. The number of benzene rings is 3. The number of amides is 3. The number of aryl methyl sites for hydroxylation is 1. The third kappa shape index (κ3) is 7.90. The lowest BCUT2D eigenvalue weighted by atomic mass is 9.88. The Bertz CT molecular complexity index is 1410. The van der Waals surface area contributed by atoms with Crippen molar-refractivity contribution in [2.24, 2.45) is 5.92 Å². The molecule has 2 N–H and O–H groups in total. The van der Waals surface area contributed by atoms with Crippen molar-refractivity contribution in [1.29, 1.82) is 0 Å². The molecule has 0 spiro atoms. The van der Waals surface area contributed by atoms with Gasteiger partial charge in [0, 0.05) is 11.2 Å². The first kappa shape index (κ1) is 32.6. The fourth-order valence-electron chi connectivity index (χ4n) is 4.98. The van der Waals surface area contributed by atoms with E-state index >= 15 is 0 Å². The summed E-state index contributed by atoms with van der Waals surface area (Å²) in [5, 5.41) is 8.02. The number of carbonyl (C=O) groups excluding carboxylic acids is 3. The molecule has 3 aromatic rings. The van der Waals surface area contributed by atoms with Crippen molar-refractivity contribution < 1.29 is 19.1 Å². The van der Waals surface area contributed by atoms with Gasteiger partial charge in [-0.2, -0.15) is 0 Å². The molecular formula is C35H47N3O4. The third-order valence-electron chi connectivity index (χ3n) is 7.91. The molecule has 0 aromatic heterocycles. The van der Waals surface area contributed by atoms with E-state index in [0.29, 0.717) is 18.5 Å². The molecule has 0 saturated heterocycles. The van der Waals surface area contributed by atoms with E-state index in [0.717, 1.165) is 21.9 Å². The van der Waals surface area contributed by atoms with Crippen LogP contribution in [0.3, 0.4) is 0 Å². The number of nitrogens with zero attached hydrogens (tertiary/aromatic N) is 1. The molecule has 3 rings (SSSR count). The maximum Gasteiger partial charge on any atom is 0.408 e. The SMILES string of the molecule is CCC(C)C(NC(=O)OC(C)(C)C)C(=O)N(C(C(=O)Nc1ccc2ccccc2c1)c1ccccc1C)C(C)(C)CC. The first-order valence-electron chi connectivity index (χ1n) is 14.9. The summed E-state index contributed by atoms with van der Waals surface area (Å²) < 4.78 is 5.53. The second kappa shape index (κ2) is 13.4. The number of alkyl carbamates (subject to hydrolysis) is 1. The van der Waals surface area contributed by atoms with Crippen molar-refractivity contribution in [3.63, 3.8) is 0 Å². The van der Waals surface area contributed by atoms with Crippen molar-refractivity contribution in [3.05, 3.63) is 77.9 Å². The van der Waals surface area contributed by atoms with Crippen LogP contribution in [0.2, 0.25) is 0 Å². The lowest BCUT2D eigenvalue weighted by Gasteiger charge is -2.45. The maximum absolute atomic E-state index is 14.7. The largest absolute Gasteiger partial charge is 0.444 e. The van der Waals surface area contributed by atoms with E-state index in [1.165, 1.54) is 0 Å². The van der Waals surface area contributed by atoms with Gasteiger partial charge in [-0.15, -0.1) is 0 Å². The Labute approximate surface area is 251 Å². The van der Waals surface area contributed by atoms with Gasteiger partial charge in [0.2, 0.25) is 5.91 Å². The van der Waals surface area contributed by atoms with Crippen molar-refractivity contribution >= 4 is 34.4 Å².